The molecule has 7 nitrogen and oxygen atoms in total. The van der Waals surface area contributed by atoms with Gasteiger partial charge in [-0.15, -0.1) is 0 Å². The van der Waals surface area contributed by atoms with Crippen molar-refractivity contribution in [3.05, 3.63) is 35.6 Å². The van der Waals surface area contributed by atoms with Crippen molar-refractivity contribution in [1.82, 2.24) is 15.5 Å². The maximum absolute atomic E-state index is 12.3. The maximum Gasteiger partial charge on any atom is 0.317 e. The topological polar surface area (TPSA) is 94.8 Å². The third kappa shape index (κ3) is 4.24. The molecule has 2 aromatic rings. The number of nitrogens with zero attached hydrogens (tertiary/aromatic N) is 1. The normalized spacial score (nSPS) is 20.3. The quantitative estimate of drug-likeness (QED) is 0.693. The number of carbonyl (C=O) groups excluding carboxylic acids is 1. The summed E-state index contributed by atoms with van der Waals surface area (Å²) in [6, 6.07) is 7.64. The first-order valence-electron chi connectivity index (χ1n) is 9.40. The molecule has 1 unspecified atom stereocenters. The van der Waals surface area contributed by atoms with Crippen LogP contribution in [-0.4, -0.2) is 47.2 Å². The number of rotatable bonds is 7. The molecule has 0 bridgehead atoms. The van der Waals surface area contributed by atoms with Crippen molar-refractivity contribution in [2.45, 2.75) is 51.7 Å². The molecule has 1 fully saturated rings. The van der Waals surface area contributed by atoms with Crippen LogP contribution in [0.2, 0.25) is 0 Å². The summed E-state index contributed by atoms with van der Waals surface area (Å²) in [4.78, 5) is 25.1. The highest BCUT2D eigenvalue weighted by Gasteiger charge is 2.35. The molecule has 1 atom stereocenters. The average Bonchev–Trinajstić information content (AvgIpc) is 2.93. The Hall–Kier alpha value is -2.54. The minimum Gasteiger partial charge on any atom is -0.480 e. The summed E-state index contributed by atoms with van der Waals surface area (Å²) >= 11 is 0. The number of fused-ring (bicyclic) bond motifs is 1. The lowest BCUT2D eigenvalue weighted by Gasteiger charge is -2.42. The van der Waals surface area contributed by atoms with Gasteiger partial charge in [0.15, 0.2) is 0 Å². The van der Waals surface area contributed by atoms with Crippen LogP contribution in [0.1, 0.15) is 44.1 Å². The number of furan rings is 1. The van der Waals surface area contributed by atoms with E-state index in [1.54, 1.807) is 0 Å². The van der Waals surface area contributed by atoms with Crippen molar-refractivity contribution in [1.29, 1.82) is 0 Å². The van der Waals surface area contributed by atoms with E-state index in [-0.39, 0.29) is 30.7 Å². The number of aliphatic carboxylic acids is 1. The van der Waals surface area contributed by atoms with Crippen molar-refractivity contribution < 1.29 is 19.1 Å². The molecule has 1 aliphatic rings. The van der Waals surface area contributed by atoms with Crippen LogP contribution >= 0.6 is 0 Å². The van der Waals surface area contributed by atoms with Gasteiger partial charge >= 0.3 is 12.0 Å². The molecule has 0 saturated heterocycles. The molecule has 1 heterocycles. The molecule has 146 valence electrons. The van der Waals surface area contributed by atoms with Crippen LogP contribution in [0.25, 0.3) is 11.0 Å². The van der Waals surface area contributed by atoms with Crippen LogP contribution in [0.3, 0.4) is 0 Å². The van der Waals surface area contributed by atoms with E-state index in [0.717, 1.165) is 35.1 Å². The second-order valence-electron chi connectivity index (χ2n) is 7.21. The molecular formula is C20H27N3O4. The predicted octanol–water partition coefficient (Wildman–Crippen LogP) is 3.04. The Morgan fingerprint density at radius 3 is 2.67 bits per heavy atom. The van der Waals surface area contributed by atoms with Crippen LogP contribution < -0.4 is 10.6 Å². The van der Waals surface area contributed by atoms with Crippen molar-refractivity contribution in [2.24, 2.45) is 0 Å². The van der Waals surface area contributed by atoms with Gasteiger partial charge in [-0.3, -0.25) is 9.69 Å². The molecule has 0 aliphatic heterocycles. The Kier molecular flexibility index (Phi) is 5.70. The summed E-state index contributed by atoms with van der Waals surface area (Å²) in [7, 11) is 0. The lowest BCUT2D eigenvalue weighted by Crippen LogP contribution is -2.56. The lowest BCUT2D eigenvalue weighted by atomic mass is 9.85. The Bertz CT molecular complexity index is 826. The molecule has 3 N–H and O–H groups in total. The van der Waals surface area contributed by atoms with Gasteiger partial charge in [0, 0.05) is 23.0 Å². The fraction of sp³-hybridized carbons (Fsp3) is 0.500. The average molecular weight is 373 g/mol. The molecular weight excluding hydrogens is 346 g/mol. The predicted molar refractivity (Wildman–Crippen MR) is 103 cm³/mol. The number of carboxylic acids is 1. The minimum absolute atomic E-state index is 0.0441. The third-order valence-corrected chi connectivity index (χ3v) is 5.33. The molecule has 3 rings (SSSR count). The van der Waals surface area contributed by atoms with Gasteiger partial charge in [0.2, 0.25) is 0 Å². The minimum atomic E-state index is -0.818. The van der Waals surface area contributed by atoms with Gasteiger partial charge in [-0.2, -0.15) is 0 Å². The van der Waals surface area contributed by atoms with Gasteiger partial charge in [-0.1, -0.05) is 25.1 Å². The molecule has 1 aliphatic carbocycles. The number of hydrogen-bond acceptors (Lipinski definition) is 4. The van der Waals surface area contributed by atoms with E-state index in [1.165, 1.54) is 0 Å². The third-order valence-electron chi connectivity index (χ3n) is 5.33. The number of carboxylic acid groups (broad SMARTS) is 1. The van der Waals surface area contributed by atoms with Gasteiger partial charge in [0.1, 0.15) is 11.3 Å². The van der Waals surface area contributed by atoms with E-state index in [4.69, 9.17) is 9.52 Å². The largest absolute Gasteiger partial charge is 0.480 e. The highest BCUT2D eigenvalue weighted by atomic mass is 16.4. The molecule has 0 radical (unpaired) electrons. The van der Waals surface area contributed by atoms with Crippen molar-refractivity contribution in [3.63, 3.8) is 0 Å². The number of carbonyl (C=O) groups is 2. The van der Waals surface area contributed by atoms with E-state index in [1.807, 2.05) is 49.9 Å². The molecule has 27 heavy (non-hydrogen) atoms. The maximum atomic E-state index is 12.3. The fourth-order valence-electron chi connectivity index (χ4n) is 3.77. The van der Waals surface area contributed by atoms with Crippen molar-refractivity contribution >= 4 is 23.0 Å². The first kappa shape index (κ1) is 19.2. The zero-order chi connectivity index (χ0) is 19.6. The molecule has 7 heteroatoms. The number of urea groups is 1. The van der Waals surface area contributed by atoms with Crippen LogP contribution in [0.15, 0.2) is 28.7 Å². The van der Waals surface area contributed by atoms with Crippen LogP contribution in [-0.2, 0) is 4.79 Å². The highest BCUT2D eigenvalue weighted by Crippen LogP contribution is 2.29. The first-order chi connectivity index (χ1) is 12.9. The number of para-hydroxylation sites is 1. The zero-order valence-corrected chi connectivity index (χ0v) is 16.0. The van der Waals surface area contributed by atoms with Crippen LogP contribution in [0.4, 0.5) is 4.79 Å². The SMILES string of the molecule is CCN(CC(=O)O)C1CC(NC(=O)NC(C)c2oc3ccccc3c2C)C1. The standard InChI is InChI=1S/C20H27N3O4/c1-4-23(11-18(24)25)15-9-14(10-15)22-20(26)21-13(3)19-12(2)16-7-5-6-8-17(16)27-19/h5-8,13-15H,4,9-11H2,1-3H3,(H,24,25)(H2,21,22,26). The molecule has 1 saturated carbocycles. The summed E-state index contributed by atoms with van der Waals surface area (Å²) in [5.74, 6) is -0.0579. The molecule has 1 aromatic heterocycles. The highest BCUT2D eigenvalue weighted by molar-refractivity contribution is 5.82. The van der Waals surface area contributed by atoms with Gasteiger partial charge in [0.25, 0.3) is 0 Å². The van der Waals surface area contributed by atoms with Crippen molar-refractivity contribution in [2.75, 3.05) is 13.1 Å². The van der Waals surface area contributed by atoms with Crippen molar-refractivity contribution in [3.8, 4) is 0 Å². The molecule has 0 spiro atoms. The number of benzene rings is 1. The van der Waals surface area contributed by atoms with Crippen LogP contribution in [0, 0.1) is 6.92 Å². The van der Waals surface area contributed by atoms with Gasteiger partial charge in [-0.05, 0) is 39.3 Å². The van der Waals surface area contributed by atoms with E-state index in [0.29, 0.717) is 6.54 Å². The Balaban J connectivity index is 1.51. The summed E-state index contributed by atoms with van der Waals surface area (Å²) in [6.07, 6.45) is 1.54. The first-order valence-corrected chi connectivity index (χ1v) is 9.40. The van der Waals surface area contributed by atoms with Crippen LogP contribution in [0.5, 0.6) is 0 Å². The lowest BCUT2D eigenvalue weighted by molar-refractivity contribution is -0.139. The second-order valence-corrected chi connectivity index (χ2v) is 7.21. The summed E-state index contributed by atoms with van der Waals surface area (Å²) in [5, 5.41) is 15.9. The van der Waals surface area contributed by atoms with Gasteiger partial charge in [0.05, 0.1) is 12.6 Å². The Labute approximate surface area is 158 Å². The Morgan fingerprint density at radius 2 is 2.04 bits per heavy atom. The molecule has 1 aromatic carbocycles. The van der Waals surface area contributed by atoms with Gasteiger partial charge < -0.3 is 20.2 Å². The fourth-order valence-corrected chi connectivity index (χ4v) is 3.77. The Morgan fingerprint density at radius 1 is 1.33 bits per heavy atom. The van der Waals surface area contributed by atoms with E-state index < -0.39 is 5.97 Å². The number of likely N-dealkylation sites (N-methyl/N-ethyl adjacent to an activating group) is 1. The zero-order valence-electron chi connectivity index (χ0n) is 16.0. The summed E-state index contributed by atoms with van der Waals surface area (Å²) in [5.41, 5.74) is 1.85. The molecule has 2 amide bonds. The number of amides is 2. The number of hydrogen-bond donors (Lipinski definition) is 3. The second kappa shape index (κ2) is 8.00. The number of nitrogens with one attached hydrogen (secondary N) is 2. The summed E-state index contributed by atoms with van der Waals surface area (Å²) < 4.78 is 5.90. The van der Waals surface area contributed by atoms with E-state index >= 15 is 0 Å². The summed E-state index contributed by atoms with van der Waals surface area (Å²) in [6.45, 7) is 6.59. The van der Waals surface area contributed by atoms with E-state index in [9.17, 15) is 9.59 Å². The smallest absolute Gasteiger partial charge is 0.317 e. The van der Waals surface area contributed by atoms with E-state index in [2.05, 4.69) is 10.6 Å². The monoisotopic (exact) mass is 373 g/mol. The number of aryl methyl sites for hydroxylation is 1. The van der Waals surface area contributed by atoms with Gasteiger partial charge in [-0.25, -0.2) is 4.79 Å².